The molecule has 1 aliphatic rings. The van der Waals surface area contributed by atoms with Crippen molar-refractivity contribution < 1.29 is 23.7 Å². The molecule has 3 rings (SSSR count). The number of methoxy groups -OCH3 is 4. The fourth-order valence-electron chi connectivity index (χ4n) is 3.74. The summed E-state index contributed by atoms with van der Waals surface area (Å²) in [5, 5.41) is 0. The van der Waals surface area contributed by atoms with Crippen LogP contribution in [0.3, 0.4) is 0 Å². The molecule has 4 atom stereocenters. The highest BCUT2D eigenvalue weighted by molar-refractivity contribution is 5.83. The highest BCUT2D eigenvalue weighted by atomic mass is 16.6. The van der Waals surface area contributed by atoms with Gasteiger partial charge >= 0.3 is 0 Å². The van der Waals surface area contributed by atoms with Gasteiger partial charge < -0.3 is 28.6 Å². The smallest absolute Gasteiger partial charge is 0.167 e. The third kappa shape index (κ3) is 4.47. The van der Waals surface area contributed by atoms with E-state index in [0.29, 0.717) is 30.9 Å². The molecule has 0 N–H and O–H groups in total. The molecule has 0 saturated carbocycles. The molecule has 0 aromatic carbocycles. The number of fused-ring (bicyclic) bond motifs is 1. The van der Waals surface area contributed by atoms with Gasteiger partial charge in [0.25, 0.3) is 0 Å². The highest BCUT2D eigenvalue weighted by Crippen LogP contribution is 2.35. The average Bonchev–Trinajstić information content (AvgIpc) is 3.32. The number of hydrogen-bond donors (Lipinski definition) is 0. The van der Waals surface area contributed by atoms with Gasteiger partial charge in [-0.2, -0.15) is 0 Å². The maximum atomic E-state index is 6.22. The van der Waals surface area contributed by atoms with Crippen LogP contribution in [0.15, 0.2) is 24.3 Å². The van der Waals surface area contributed by atoms with Crippen LogP contribution in [0.5, 0.6) is 0 Å². The van der Waals surface area contributed by atoms with Gasteiger partial charge in [0.1, 0.15) is 24.6 Å². The number of likely N-dealkylation sites (N-methyl/N-ethyl adjacent to an activating group) is 1. The average molecular weight is 421 g/mol. The van der Waals surface area contributed by atoms with E-state index in [1.165, 1.54) is 6.33 Å². The first-order valence-corrected chi connectivity index (χ1v) is 9.78. The lowest BCUT2D eigenvalue weighted by atomic mass is 10.1. The summed E-state index contributed by atoms with van der Waals surface area (Å²) in [7, 11) is 8.58. The van der Waals surface area contributed by atoms with Gasteiger partial charge in [0, 0.05) is 42.0 Å². The molecule has 1 aliphatic heterocycles. The van der Waals surface area contributed by atoms with E-state index in [2.05, 4.69) is 21.0 Å². The first-order chi connectivity index (χ1) is 14.5. The predicted octanol–water partition coefficient (Wildman–Crippen LogP) is 1.43. The quantitative estimate of drug-likeness (QED) is 0.528. The van der Waals surface area contributed by atoms with E-state index >= 15 is 0 Å². The Morgan fingerprint density at radius 3 is 2.57 bits per heavy atom. The Labute approximate surface area is 176 Å². The largest absolute Gasteiger partial charge is 0.382 e. The molecule has 2 aromatic heterocycles. The van der Waals surface area contributed by atoms with Gasteiger partial charge in [0.05, 0.1) is 19.5 Å². The maximum absolute atomic E-state index is 6.22. The van der Waals surface area contributed by atoms with Gasteiger partial charge in [-0.05, 0) is 6.92 Å². The van der Waals surface area contributed by atoms with Crippen molar-refractivity contribution >= 4 is 17.0 Å². The molecule has 2 unspecified atom stereocenters. The second-order valence-corrected chi connectivity index (χ2v) is 7.31. The van der Waals surface area contributed by atoms with Gasteiger partial charge in [-0.25, -0.2) is 15.0 Å². The monoisotopic (exact) mass is 421 g/mol. The number of hydrogen-bond acceptors (Lipinski definition) is 9. The Kier molecular flexibility index (Phi) is 7.73. The zero-order valence-corrected chi connectivity index (χ0v) is 18.4. The SMILES string of the molecule is COC/C(C)=C\CN(C)c1ncnc2c1ncn2[C@H]1O[C@@H](COC)C(OC)C1OC. The molecular weight excluding hydrogens is 390 g/mol. The van der Waals surface area contributed by atoms with Crippen LogP contribution in [-0.4, -0.2) is 93.1 Å². The van der Waals surface area contributed by atoms with Crippen LogP contribution < -0.4 is 4.90 Å². The van der Waals surface area contributed by atoms with Crippen LogP contribution in [0.2, 0.25) is 0 Å². The Balaban J connectivity index is 1.90. The van der Waals surface area contributed by atoms with Crippen molar-refractivity contribution in [3.8, 4) is 0 Å². The lowest BCUT2D eigenvalue weighted by Crippen LogP contribution is -2.36. The Morgan fingerprint density at radius 2 is 1.90 bits per heavy atom. The maximum Gasteiger partial charge on any atom is 0.167 e. The molecule has 2 aromatic rings. The minimum atomic E-state index is -0.443. The predicted molar refractivity (Wildman–Crippen MR) is 112 cm³/mol. The Bertz CT molecular complexity index is 857. The Hall–Kier alpha value is -2.11. The van der Waals surface area contributed by atoms with Crippen LogP contribution >= 0.6 is 0 Å². The molecule has 0 radical (unpaired) electrons. The molecule has 1 saturated heterocycles. The molecule has 166 valence electrons. The standard InChI is InChI=1S/C20H31N5O5/c1-13(9-26-3)7-8-24(2)18-15-19(22-11-21-18)25(12-23-15)20-17(29-6)16(28-5)14(30-20)10-27-4/h7,11-12,14,16-17,20H,8-10H2,1-6H3/b13-7-/t14-,16?,17?,20-/m0/s1. The number of ether oxygens (including phenoxy) is 5. The zero-order valence-electron chi connectivity index (χ0n) is 18.4. The van der Waals surface area contributed by atoms with E-state index in [-0.39, 0.29) is 18.3 Å². The number of imidazole rings is 1. The number of aromatic nitrogens is 4. The first-order valence-electron chi connectivity index (χ1n) is 9.78. The van der Waals surface area contributed by atoms with Crippen molar-refractivity contribution in [1.82, 2.24) is 19.5 Å². The van der Waals surface area contributed by atoms with Gasteiger partial charge in [0.15, 0.2) is 23.2 Å². The summed E-state index contributed by atoms with van der Waals surface area (Å²) >= 11 is 0. The molecule has 0 amide bonds. The van der Waals surface area contributed by atoms with E-state index in [1.54, 1.807) is 34.8 Å². The molecule has 3 heterocycles. The van der Waals surface area contributed by atoms with Gasteiger partial charge in [-0.3, -0.25) is 4.57 Å². The third-order valence-corrected chi connectivity index (χ3v) is 5.22. The normalized spacial score (nSPS) is 24.7. The second-order valence-electron chi connectivity index (χ2n) is 7.31. The summed E-state index contributed by atoms with van der Waals surface area (Å²) in [5.41, 5.74) is 2.52. The number of anilines is 1. The zero-order chi connectivity index (χ0) is 21.7. The second kappa shape index (κ2) is 10.3. The summed E-state index contributed by atoms with van der Waals surface area (Å²) in [4.78, 5) is 15.5. The molecular formula is C20H31N5O5. The fraction of sp³-hybridized carbons (Fsp3) is 0.650. The highest BCUT2D eigenvalue weighted by Gasteiger charge is 2.46. The molecule has 30 heavy (non-hydrogen) atoms. The lowest BCUT2D eigenvalue weighted by molar-refractivity contribution is -0.0636. The first kappa shape index (κ1) is 22.6. The topological polar surface area (TPSA) is 93.0 Å². The summed E-state index contributed by atoms with van der Waals surface area (Å²) in [5.74, 6) is 0.740. The minimum Gasteiger partial charge on any atom is -0.382 e. The fourth-order valence-corrected chi connectivity index (χ4v) is 3.74. The lowest BCUT2D eigenvalue weighted by Gasteiger charge is -2.22. The van der Waals surface area contributed by atoms with Crippen molar-refractivity contribution in [1.29, 1.82) is 0 Å². The van der Waals surface area contributed by atoms with Crippen molar-refractivity contribution in [3.63, 3.8) is 0 Å². The summed E-state index contributed by atoms with van der Waals surface area (Å²) in [6.45, 7) is 3.71. The number of rotatable bonds is 10. The van der Waals surface area contributed by atoms with Crippen LogP contribution in [0.25, 0.3) is 11.2 Å². The summed E-state index contributed by atoms with van der Waals surface area (Å²) in [6.07, 6.45) is 4.05. The van der Waals surface area contributed by atoms with E-state index in [4.69, 9.17) is 23.7 Å². The van der Waals surface area contributed by atoms with Crippen molar-refractivity contribution in [2.75, 3.05) is 60.1 Å². The third-order valence-electron chi connectivity index (χ3n) is 5.22. The van der Waals surface area contributed by atoms with Gasteiger partial charge in [0.2, 0.25) is 0 Å². The van der Waals surface area contributed by atoms with E-state index < -0.39 is 6.23 Å². The minimum absolute atomic E-state index is 0.259. The van der Waals surface area contributed by atoms with E-state index in [0.717, 1.165) is 11.4 Å². The van der Waals surface area contributed by atoms with Crippen LogP contribution in [-0.2, 0) is 23.7 Å². The molecule has 10 nitrogen and oxygen atoms in total. The Morgan fingerprint density at radius 1 is 1.13 bits per heavy atom. The van der Waals surface area contributed by atoms with Crippen LogP contribution in [0.4, 0.5) is 5.82 Å². The van der Waals surface area contributed by atoms with Gasteiger partial charge in [-0.15, -0.1) is 0 Å². The molecule has 1 fully saturated rings. The molecule has 10 heteroatoms. The number of nitrogens with zero attached hydrogens (tertiary/aromatic N) is 5. The summed E-state index contributed by atoms with van der Waals surface area (Å²) < 4.78 is 29.9. The van der Waals surface area contributed by atoms with Gasteiger partial charge in [-0.1, -0.05) is 11.6 Å². The van der Waals surface area contributed by atoms with Crippen molar-refractivity contribution in [3.05, 3.63) is 24.3 Å². The van der Waals surface area contributed by atoms with Crippen LogP contribution in [0.1, 0.15) is 13.2 Å². The molecule has 0 aliphatic carbocycles. The molecule has 0 bridgehead atoms. The van der Waals surface area contributed by atoms with Crippen molar-refractivity contribution in [2.45, 2.75) is 31.5 Å². The molecule has 0 spiro atoms. The summed E-state index contributed by atoms with van der Waals surface area (Å²) in [6, 6.07) is 0. The van der Waals surface area contributed by atoms with Crippen LogP contribution in [0, 0.1) is 0 Å². The van der Waals surface area contributed by atoms with Crippen molar-refractivity contribution in [2.24, 2.45) is 0 Å². The van der Waals surface area contributed by atoms with E-state index in [9.17, 15) is 0 Å². The van der Waals surface area contributed by atoms with E-state index in [1.807, 2.05) is 23.4 Å².